The van der Waals surface area contributed by atoms with Gasteiger partial charge in [-0.15, -0.1) is 10.2 Å². The standard InChI is InChI=1S/C18H15ClN2O4S.Ca/c1-2-11-9-15(17(10-14(11)19)26(23,24)25)20-21-18-13-6-4-3-5-12(13)7-8-16(18)22;/h3-10,22H,2H2,1H3,(H,23,24,25);/q;+2/p-1. The molecule has 9 heteroatoms. The molecule has 0 aliphatic rings. The SMILES string of the molecule is CCc1cc(N=Nc2c(O)ccc3ccccc23)c(S(=O)(=O)[O-])cc1Cl.[Ca+2]. The van der Waals surface area contributed by atoms with E-state index in [9.17, 15) is 18.1 Å². The summed E-state index contributed by atoms with van der Waals surface area (Å²) in [7, 11) is -4.79. The summed E-state index contributed by atoms with van der Waals surface area (Å²) in [4.78, 5) is -0.553. The van der Waals surface area contributed by atoms with E-state index in [1.165, 1.54) is 12.1 Å². The molecule has 0 aliphatic heterocycles. The van der Waals surface area contributed by atoms with Crippen molar-refractivity contribution in [1.29, 1.82) is 0 Å². The molecule has 0 aliphatic carbocycles. The van der Waals surface area contributed by atoms with E-state index in [0.29, 0.717) is 17.4 Å². The van der Waals surface area contributed by atoms with Gasteiger partial charge in [0.2, 0.25) is 0 Å². The molecule has 0 radical (unpaired) electrons. The van der Waals surface area contributed by atoms with Crippen molar-refractivity contribution < 1.29 is 18.1 Å². The van der Waals surface area contributed by atoms with E-state index in [1.54, 1.807) is 18.2 Å². The number of nitrogens with zero attached hydrogens (tertiary/aromatic N) is 2. The van der Waals surface area contributed by atoms with Crippen LogP contribution in [0.5, 0.6) is 5.75 Å². The molecule has 3 aromatic carbocycles. The number of hydrogen-bond donors (Lipinski definition) is 1. The molecule has 6 nitrogen and oxygen atoms in total. The van der Waals surface area contributed by atoms with Crippen molar-refractivity contribution in [3.8, 4) is 5.75 Å². The number of aryl methyl sites for hydroxylation is 1. The van der Waals surface area contributed by atoms with E-state index in [4.69, 9.17) is 11.6 Å². The zero-order valence-electron chi connectivity index (χ0n) is 14.4. The molecule has 3 aromatic rings. The van der Waals surface area contributed by atoms with Crippen molar-refractivity contribution >= 4 is 81.6 Å². The zero-order chi connectivity index (χ0) is 18.9. The molecule has 0 unspecified atom stereocenters. The number of benzene rings is 3. The first kappa shape index (κ1) is 22.1. The summed E-state index contributed by atoms with van der Waals surface area (Å²) in [6, 6.07) is 12.9. The van der Waals surface area contributed by atoms with Crippen LogP contribution in [0.25, 0.3) is 10.8 Å². The maximum absolute atomic E-state index is 11.5. The first-order valence-electron chi connectivity index (χ1n) is 7.72. The van der Waals surface area contributed by atoms with Crippen molar-refractivity contribution in [1.82, 2.24) is 0 Å². The third-order valence-electron chi connectivity index (χ3n) is 3.92. The van der Waals surface area contributed by atoms with Crippen LogP contribution < -0.4 is 0 Å². The Kier molecular flexibility index (Phi) is 7.24. The molecular weight excluding hydrogens is 416 g/mol. The summed E-state index contributed by atoms with van der Waals surface area (Å²) in [5, 5.41) is 19.7. The van der Waals surface area contributed by atoms with E-state index in [-0.39, 0.29) is 59.9 Å². The van der Waals surface area contributed by atoms with Gasteiger partial charge in [-0.05, 0) is 35.6 Å². The predicted molar refractivity (Wildman–Crippen MR) is 104 cm³/mol. The third-order valence-corrected chi connectivity index (χ3v) is 5.13. The maximum atomic E-state index is 11.5. The average Bonchev–Trinajstić information content (AvgIpc) is 2.60. The van der Waals surface area contributed by atoms with Crippen LogP contribution in [-0.4, -0.2) is 55.8 Å². The molecule has 0 fully saturated rings. The Morgan fingerprint density at radius 3 is 2.48 bits per heavy atom. The number of phenols is 1. The van der Waals surface area contributed by atoms with E-state index in [2.05, 4.69) is 10.2 Å². The first-order chi connectivity index (χ1) is 12.3. The van der Waals surface area contributed by atoms with Crippen LogP contribution in [0.1, 0.15) is 12.5 Å². The molecular formula is C18H14CaClN2O4S+. The fraction of sp³-hybridized carbons (Fsp3) is 0.111. The van der Waals surface area contributed by atoms with Crippen molar-refractivity contribution in [2.45, 2.75) is 18.2 Å². The Labute approximate surface area is 191 Å². The number of fused-ring (bicyclic) bond motifs is 1. The minimum absolute atomic E-state index is 0. The van der Waals surface area contributed by atoms with Gasteiger partial charge in [0.05, 0.1) is 4.90 Å². The minimum atomic E-state index is -4.79. The summed E-state index contributed by atoms with van der Waals surface area (Å²) in [5.41, 5.74) is 0.703. The number of hydrogen-bond acceptors (Lipinski definition) is 6. The molecule has 0 amide bonds. The number of aromatic hydroxyl groups is 1. The summed E-state index contributed by atoms with van der Waals surface area (Å²) >= 11 is 6.01. The van der Waals surface area contributed by atoms with Crippen LogP contribution in [0.15, 0.2) is 63.7 Å². The molecule has 0 heterocycles. The second kappa shape index (κ2) is 8.85. The predicted octanol–water partition coefficient (Wildman–Crippen LogP) is 4.70. The maximum Gasteiger partial charge on any atom is 2.00 e. The molecule has 0 saturated heterocycles. The molecule has 134 valence electrons. The van der Waals surface area contributed by atoms with Crippen LogP contribution in [0.3, 0.4) is 0 Å². The molecule has 27 heavy (non-hydrogen) atoms. The number of halogens is 1. The summed E-state index contributed by atoms with van der Waals surface area (Å²) in [6.07, 6.45) is 0.528. The van der Waals surface area contributed by atoms with Gasteiger partial charge in [-0.25, -0.2) is 8.42 Å². The van der Waals surface area contributed by atoms with Gasteiger partial charge in [-0.1, -0.05) is 48.9 Å². The Morgan fingerprint density at radius 2 is 1.81 bits per heavy atom. The second-order valence-corrected chi connectivity index (χ2v) is 7.33. The van der Waals surface area contributed by atoms with Crippen LogP contribution in [0.2, 0.25) is 5.02 Å². The normalized spacial score (nSPS) is 11.7. The van der Waals surface area contributed by atoms with E-state index < -0.39 is 15.0 Å². The van der Waals surface area contributed by atoms with E-state index >= 15 is 0 Å². The van der Waals surface area contributed by atoms with Crippen molar-refractivity contribution in [2.24, 2.45) is 10.2 Å². The van der Waals surface area contributed by atoms with Crippen LogP contribution in [-0.2, 0) is 16.5 Å². The molecule has 1 N–H and O–H groups in total. The number of rotatable bonds is 4. The summed E-state index contributed by atoms with van der Waals surface area (Å²) in [6.45, 7) is 1.84. The third kappa shape index (κ3) is 4.80. The zero-order valence-corrected chi connectivity index (χ0v) is 18.2. The summed E-state index contributed by atoms with van der Waals surface area (Å²) in [5.74, 6) is -0.108. The topological polar surface area (TPSA) is 102 Å². The molecule has 0 saturated carbocycles. The van der Waals surface area contributed by atoms with E-state index in [0.717, 1.165) is 11.5 Å². The van der Waals surface area contributed by atoms with Gasteiger partial charge in [-0.2, -0.15) is 0 Å². The quantitative estimate of drug-likeness (QED) is 0.369. The van der Waals surface area contributed by atoms with Crippen molar-refractivity contribution in [3.63, 3.8) is 0 Å². The van der Waals surface area contributed by atoms with Crippen LogP contribution >= 0.6 is 11.6 Å². The van der Waals surface area contributed by atoms with Gasteiger partial charge in [0.1, 0.15) is 27.2 Å². The minimum Gasteiger partial charge on any atom is -0.744 e. The number of phenolic OH excluding ortho intramolecular Hbond substituents is 1. The fourth-order valence-electron chi connectivity index (χ4n) is 2.59. The van der Waals surface area contributed by atoms with Crippen molar-refractivity contribution in [2.75, 3.05) is 0 Å². The van der Waals surface area contributed by atoms with Gasteiger partial charge >= 0.3 is 37.7 Å². The van der Waals surface area contributed by atoms with Gasteiger partial charge in [0, 0.05) is 10.4 Å². The average molecular weight is 430 g/mol. The van der Waals surface area contributed by atoms with Crippen LogP contribution in [0, 0.1) is 0 Å². The smallest absolute Gasteiger partial charge is 0.744 e. The number of azo groups is 1. The molecule has 0 bridgehead atoms. The van der Waals surface area contributed by atoms with Gasteiger partial charge in [0.15, 0.2) is 0 Å². The summed E-state index contributed by atoms with van der Waals surface area (Å²) < 4.78 is 34.6. The molecule has 0 atom stereocenters. The Hall–Kier alpha value is -1.22. The molecule has 3 rings (SSSR count). The Bertz CT molecular complexity index is 1130. The molecule has 0 spiro atoms. The largest absolute Gasteiger partial charge is 2.00 e. The van der Waals surface area contributed by atoms with Crippen molar-refractivity contribution in [3.05, 3.63) is 59.1 Å². The fourth-order valence-corrected chi connectivity index (χ4v) is 3.57. The van der Waals surface area contributed by atoms with Crippen LogP contribution in [0.4, 0.5) is 11.4 Å². The van der Waals surface area contributed by atoms with Gasteiger partial charge in [0.25, 0.3) is 0 Å². The molecule has 0 aromatic heterocycles. The van der Waals surface area contributed by atoms with Gasteiger partial charge in [-0.3, -0.25) is 0 Å². The Morgan fingerprint density at radius 1 is 1.11 bits per heavy atom. The first-order valence-corrected chi connectivity index (χ1v) is 9.50. The second-order valence-electron chi connectivity index (χ2n) is 5.57. The van der Waals surface area contributed by atoms with Gasteiger partial charge < -0.3 is 9.66 Å². The Balaban J connectivity index is 0.00000261. The van der Waals surface area contributed by atoms with E-state index in [1.807, 2.05) is 19.1 Å². The monoisotopic (exact) mass is 429 g/mol.